The molecule has 0 N–H and O–H groups in total. The van der Waals surface area contributed by atoms with Gasteiger partial charge in [0, 0.05) is 38.6 Å². The highest BCUT2D eigenvalue weighted by Crippen LogP contribution is 2.10. The van der Waals surface area contributed by atoms with E-state index in [0.29, 0.717) is 5.91 Å². The molecule has 1 fully saturated rings. The van der Waals surface area contributed by atoms with Crippen molar-refractivity contribution in [3.05, 3.63) is 12.7 Å². The molecule has 1 aliphatic rings. The van der Waals surface area contributed by atoms with Crippen molar-refractivity contribution in [2.45, 2.75) is 26.7 Å². The molecule has 16 heavy (non-hydrogen) atoms. The third-order valence-corrected chi connectivity index (χ3v) is 3.32. The molecule has 0 bridgehead atoms. The van der Waals surface area contributed by atoms with Gasteiger partial charge in [-0.2, -0.15) is 0 Å². The summed E-state index contributed by atoms with van der Waals surface area (Å²) in [5.74, 6) is 0.494. The quantitative estimate of drug-likeness (QED) is 0.679. The molecule has 1 saturated heterocycles. The number of carbonyl (C=O) groups excluding carboxylic acids is 1. The van der Waals surface area contributed by atoms with Gasteiger partial charge < -0.3 is 4.90 Å². The van der Waals surface area contributed by atoms with Crippen molar-refractivity contribution in [2.24, 2.45) is 5.92 Å². The van der Waals surface area contributed by atoms with Gasteiger partial charge in [0.1, 0.15) is 0 Å². The highest BCUT2D eigenvalue weighted by atomic mass is 16.2. The van der Waals surface area contributed by atoms with Crippen LogP contribution in [-0.2, 0) is 4.79 Å². The van der Waals surface area contributed by atoms with Crippen LogP contribution >= 0.6 is 0 Å². The Balaban J connectivity index is 2.46. The Labute approximate surface area is 99.1 Å². The van der Waals surface area contributed by atoms with Gasteiger partial charge in [-0.3, -0.25) is 9.69 Å². The van der Waals surface area contributed by atoms with Crippen LogP contribution in [0, 0.1) is 5.92 Å². The van der Waals surface area contributed by atoms with E-state index in [4.69, 9.17) is 0 Å². The first-order valence-electron chi connectivity index (χ1n) is 6.31. The number of amides is 1. The molecule has 1 atom stereocenters. The fourth-order valence-corrected chi connectivity index (χ4v) is 2.04. The Bertz CT molecular complexity index is 240. The fourth-order valence-electron chi connectivity index (χ4n) is 2.04. The second-order valence-electron chi connectivity index (χ2n) is 4.58. The van der Waals surface area contributed by atoms with Crippen LogP contribution in [0.1, 0.15) is 26.7 Å². The molecule has 0 radical (unpaired) electrons. The zero-order chi connectivity index (χ0) is 12.0. The Morgan fingerprint density at radius 2 is 2.12 bits per heavy atom. The Morgan fingerprint density at radius 3 is 2.75 bits per heavy atom. The molecule has 3 nitrogen and oxygen atoms in total. The zero-order valence-corrected chi connectivity index (χ0v) is 10.6. The molecule has 0 saturated carbocycles. The van der Waals surface area contributed by atoms with E-state index < -0.39 is 0 Å². The molecule has 0 aromatic rings. The lowest BCUT2D eigenvalue weighted by Crippen LogP contribution is -2.38. The van der Waals surface area contributed by atoms with Crippen molar-refractivity contribution in [3.63, 3.8) is 0 Å². The number of carbonyl (C=O) groups is 1. The normalized spacial score (nSPS) is 20.2. The number of rotatable bonds is 4. The molecule has 0 spiro atoms. The third-order valence-electron chi connectivity index (χ3n) is 3.32. The second-order valence-corrected chi connectivity index (χ2v) is 4.58. The summed E-state index contributed by atoms with van der Waals surface area (Å²) in [6.07, 6.45) is 3.95. The van der Waals surface area contributed by atoms with Crippen LogP contribution < -0.4 is 0 Å². The van der Waals surface area contributed by atoms with E-state index in [1.54, 1.807) is 0 Å². The van der Waals surface area contributed by atoms with Crippen molar-refractivity contribution in [1.29, 1.82) is 0 Å². The van der Waals surface area contributed by atoms with Crippen molar-refractivity contribution < 1.29 is 4.79 Å². The zero-order valence-electron chi connectivity index (χ0n) is 10.6. The van der Waals surface area contributed by atoms with E-state index >= 15 is 0 Å². The fraction of sp³-hybridized carbons (Fsp3) is 0.769. The van der Waals surface area contributed by atoms with Gasteiger partial charge in [0.15, 0.2) is 0 Å². The Kier molecular flexibility index (Phi) is 5.53. The highest BCUT2D eigenvalue weighted by molar-refractivity contribution is 5.78. The molecular weight excluding hydrogens is 200 g/mol. The average Bonchev–Trinajstić information content (AvgIpc) is 2.53. The molecule has 1 unspecified atom stereocenters. The number of nitrogens with zero attached hydrogens (tertiary/aromatic N) is 2. The van der Waals surface area contributed by atoms with Crippen LogP contribution in [0.4, 0.5) is 0 Å². The molecule has 1 amide bonds. The van der Waals surface area contributed by atoms with Crippen molar-refractivity contribution >= 4 is 5.91 Å². The van der Waals surface area contributed by atoms with E-state index in [9.17, 15) is 4.79 Å². The second kappa shape index (κ2) is 6.69. The van der Waals surface area contributed by atoms with E-state index in [2.05, 4.69) is 18.4 Å². The first-order valence-corrected chi connectivity index (χ1v) is 6.31. The Hall–Kier alpha value is -0.830. The van der Waals surface area contributed by atoms with Gasteiger partial charge >= 0.3 is 0 Å². The van der Waals surface area contributed by atoms with E-state index in [1.807, 2.05) is 17.9 Å². The predicted molar refractivity (Wildman–Crippen MR) is 67.3 cm³/mol. The summed E-state index contributed by atoms with van der Waals surface area (Å²) in [5, 5.41) is 0. The van der Waals surface area contributed by atoms with Crippen molar-refractivity contribution in [2.75, 3.05) is 32.7 Å². The summed E-state index contributed by atoms with van der Waals surface area (Å²) in [6.45, 7) is 12.6. The van der Waals surface area contributed by atoms with Crippen molar-refractivity contribution in [1.82, 2.24) is 9.80 Å². The largest absolute Gasteiger partial charge is 0.341 e. The SMILES string of the molecule is C=CCN1CCCN(C(=O)C(C)CC)CC1. The minimum absolute atomic E-state index is 0.172. The minimum Gasteiger partial charge on any atom is -0.341 e. The van der Waals surface area contributed by atoms with E-state index in [0.717, 1.165) is 45.6 Å². The lowest BCUT2D eigenvalue weighted by Gasteiger charge is -2.24. The maximum Gasteiger partial charge on any atom is 0.225 e. The smallest absolute Gasteiger partial charge is 0.225 e. The lowest BCUT2D eigenvalue weighted by atomic mass is 10.1. The standard InChI is InChI=1S/C13H24N2O/c1-4-7-14-8-6-9-15(11-10-14)13(16)12(3)5-2/h4,12H,1,5-11H2,2-3H3. The monoisotopic (exact) mass is 224 g/mol. The summed E-state index contributed by atoms with van der Waals surface area (Å²) in [5.41, 5.74) is 0. The molecule has 1 rings (SSSR count). The third kappa shape index (κ3) is 3.63. The molecule has 0 aromatic heterocycles. The summed E-state index contributed by atoms with van der Waals surface area (Å²) in [7, 11) is 0. The molecule has 0 aromatic carbocycles. The Morgan fingerprint density at radius 1 is 1.38 bits per heavy atom. The maximum atomic E-state index is 12.0. The van der Waals surface area contributed by atoms with Crippen molar-refractivity contribution in [3.8, 4) is 0 Å². The van der Waals surface area contributed by atoms with Gasteiger partial charge in [0.2, 0.25) is 5.91 Å². The van der Waals surface area contributed by atoms with Crippen LogP contribution in [0.3, 0.4) is 0 Å². The van der Waals surface area contributed by atoms with Gasteiger partial charge in [-0.25, -0.2) is 0 Å². The molecule has 3 heteroatoms. The van der Waals surface area contributed by atoms with Gasteiger partial charge in [0.05, 0.1) is 0 Å². The highest BCUT2D eigenvalue weighted by Gasteiger charge is 2.21. The van der Waals surface area contributed by atoms with E-state index in [-0.39, 0.29) is 5.92 Å². The molecule has 92 valence electrons. The topological polar surface area (TPSA) is 23.6 Å². The van der Waals surface area contributed by atoms with Gasteiger partial charge in [-0.15, -0.1) is 6.58 Å². The summed E-state index contributed by atoms with van der Waals surface area (Å²) in [4.78, 5) is 16.4. The molecule has 1 heterocycles. The number of hydrogen-bond donors (Lipinski definition) is 0. The average molecular weight is 224 g/mol. The van der Waals surface area contributed by atoms with Crippen LogP contribution in [0.5, 0.6) is 0 Å². The minimum atomic E-state index is 0.172. The maximum absolute atomic E-state index is 12.0. The summed E-state index contributed by atoms with van der Waals surface area (Å²) in [6, 6.07) is 0. The lowest BCUT2D eigenvalue weighted by molar-refractivity contribution is -0.134. The van der Waals surface area contributed by atoms with Gasteiger partial charge in [-0.1, -0.05) is 19.9 Å². The van der Waals surface area contributed by atoms with Gasteiger partial charge in [0.25, 0.3) is 0 Å². The predicted octanol–water partition coefficient (Wildman–Crippen LogP) is 1.75. The first-order chi connectivity index (χ1) is 7.69. The van der Waals surface area contributed by atoms with E-state index in [1.165, 1.54) is 0 Å². The van der Waals surface area contributed by atoms with Crippen LogP contribution in [0.25, 0.3) is 0 Å². The van der Waals surface area contributed by atoms with Crippen LogP contribution in [0.15, 0.2) is 12.7 Å². The first kappa shape index (κ1) is 13.2. The number of hydrogen-bond acceptors (Lipinski definition) is 2. The molecule has 1 aliphatic heterocycles. The summed E-state index contributed by atoms with van der Waals surface area (Å²) >= 11 is 0. The van der Waals surface area contributed by atoms with Crippen LogP contribution in [-0.4, -0.2) is 48.4 Å². The molecule has 0 aliphatic carbocycles. The van der Waals surface area contributed by atoms with Gasteiger partial charge in [-0.05, 0) is 12.8 Å². The molecular formula is C13H24N2O. The summed E-state index contributed by atoms with van der Waals surface area (Å²) < 4.78 is 0. The van der Waals surface area contributed by atoms with Crippen LogP contribution in [0.2, 0.25) is 0 Å².